The van der Waals surface area contributed by atoms with Gasteiger partial charge in [0, 0.05) is 24.0 Å². The van der Waals surface area contributed by atoms with Gasteiger partial charge in [-0.1, -0.05) is 30.3 Å². The average molecular weight is 410 g/mol. The Morgan fingerprint density at radius 2 is 1.83 bits per heavy atom. The number of likely N-dealkylation sites (N-methyl/N-ethyl adjacent to an activating group) is 1. The number of nitrogens with zero attached hydrogens (tertiary/aromatic N) is 2. The molecule has 2 amide bonds. The smallest absolute Gasteiger partial charge is 0.257 e. The van der Waals surface area contributed by atoms with E-state index in [2.05, 4.69) is 10.3 Å². The molecule has 3 aromatic rings. The molecular weight excluding hydrogens is 386 g/mol. The Morgan fingerprint density at radius 3 is 2.48 bits per heavy atom. The van der Waals surface area contributed by atoms with E-state index in [1.54, 1.807) is 41.7 Å². The van der Waals surface area contributed by atoms with Crippen LogP contribution in [-0.4, -0.2) is 35.4 Å². The lowest BCUT2D eigenvalue weighted by atomic mass is 10.2. The molecule has 0 saturated heterocycles. The van der Waals surface area contributed by atoms with Crippen molar-refractivity contribution in [3.63, 3.8) is 0 Å². The largest absolute Gasteiger partial charge is 0.497 e. The number of aromatic nitrogens is 1. The van der Waals surface area contributed by atoms with E-state index in [-0.39, 0.29) is 18.2 Å². The molecule has 1 aromatic heterocycles. The van der Waals surface area contributed by atoms with Crippen molar-refractivity contribution in [2.24, 2.45) is 0 Å². The first-order valence-corrected chi connectivity index (χ1v) is 10.2. The van der Waals surface area contributed by atoms with Crippen molar-refractivity contribution < 1.29 is 14.3 Å². The van der Waals surface area contributed by atoms with Crippen LogP contribution in [0.5, 0.6) is 5.75 Å². The molecule has 0 saturated carbocycles. The van der Waals surface area contributed by atoms with Crippen LogP contribution in [0.3, 0.4) is 0 Å². The fourth-order valence-corrected chi connectivity index (χ4v) is 3.51. The molecule has 150 valence electrons. The number of hydrogen-bond donors (Lipinski definition) is 1. The normalized spacial score (nSPS) is 10.4. The first kappa shape index (κ1) is 20.5. The van der Waals surface area contributed by atoms with Crippen LogP contribution in [0.4, 0.5) is 5.13 Å². The van der Waals surface area contributed by atoms with Crippen LogP contribution in [0.15, 0.2) is 60.0 Å². The second-order valence-electron chi connectivity index (χ2n) is 6.40. The molecule has 0 spiro atoms. The molecule has 0 aliphatic carbocycles. The van der Waals surface area contributed by atoms with Gasteiger partial charge in [0.15, 0.2) is 5.13 Å². The fourth-order valence-electron chi connectivity index (χ4n) is 2.80. The van der Waals surface area contributed by atoms with Crippen molar-refractivity contribution in [1.29, 1.82) is 0 Å². The molecule has 2 aromatic carbocycles. The van der Waals surface area contributed by atoms with Crippen LogP contribution in [0, 0.1) is 0 Å². The minimum Gasteiger partial charge on any atom is -0.497 e. The highest BCUT2D eigenvalue weighted by molar-refractivity contribution is 7.14. The highest BCUT2D eigenvalue weighted by Gasteiger charge is 2.16. The Morgan fingerprint density at radius 1 is 1.10 bits per heavy atom. The third kappa shape index (κ3) is 5.65. The Bertz CT molecular complexity index is 955. The third-order valence-electron chi connectivity index (χ3n) is 4.41. The molecule has 3 rings (SSSR count). The van der Waals surface area contributed by atoms with Gasteiger partial charge in [0.25, 0.3) is 5.91 Å². The number of benzene rings is 2. The summed E-state index contributed by atoms with van der Waals surface area (Å²) in [6, 6.07) is 16.7. The monoisotopic (exact) mass is 409 g/mol. The highest BCUT2D eigenvalue weighted by atomic mass is 32.1. The van der Waals surface area contributed by atoms with E-state index in [0.717, 1.165) is 5.56 Å². The van der Waals surface area contributed by atoms with Crippen molar-refractivity contribution in [3.8, 4) is 5.75 Å². The van der Waals surface area contributed by atoms with Crippen LogP contribution in [-0.2, 0) is 17.8 Å². The zero-order valence-electron chi connectivity index (χ0n) is 16.4. The number of thiazole rings is 1. The zero-order valence-corrected chi connectivity index (χ0v) is 17.2. The summed E-state index contributed by atoms with van der Waals surface area (Å²) in [5.41, 5.74) is 2.25. The number of ether oxygens (including phenoxy) is 1. The summed E-state index contributed by atoms with van der Waals surface area (Å²) < 4.78 is 5.10. The quantitative estimate of drug-likeness (QED) is 0.611. The fraction of sp³-hybridized carbons (Fsp3) is 0.227. The molecule has 0 aliphatic rings. The van der Waals surface area contributed by atoms with Gasteiger partial charge in [-0.05, 0) is 36.8 Å². The molecule has 0 bridgehead atoms. The maximum Gasteiger partial charge on any atom is 0.257 e. The van der Waals surface area contributed by atoms with Gasteiger partial charge in [0.1, 0.15) is 5.75 Å². The molecular formula is C22H23N3O3S. The summed E-state index contributed by atoms with van der Waals surface area (Å²) in [6.07, 6.45) is 0.204. The highest BCUT2D eigenvalue weighted by Crippen LogP contribution is 2.19. The van der Waals surface area contributed by atoms with Gasteiger partial charge in [0.05, 0.1) is 19.2 Å². The molecule has 0 aliphatic heterocycles. The summed E-state index contributed by atoms with van der Waals surface area (Å²) in [5, 5.41) is 5.05. The summed E-state index contributed by atoms with van der Waals surface area (Å²) in [5.74, 6) is 0.446. The first-order chi connectivity index (χ1) is 14.1. The summed E-state index contributed by atoms with van der Waals surface area (Å²) in [6.45, 7) is 3.16. The molecule has 0 fully saturated rings. The lowest BCUT2D eigenvalue weighted by Gasteiger charge is -2.20. The van der Waals surface area contributed by atoms with Crippen molar-refractivity contribution in [2.45, 2.75) is 19.9 Å². The van der Waals surface area contributed by atoms with E-state index in [1.807, 2.05) is 37.3 Å². The van der Waals surface area contributed by atoms with E-state index in [1.165, 1.54) is 11.3 Å². The van der Waals surface area contributed by atoms with Gasteiger partial charge in [0.2, 0.25) is 5.91 Å². The van der Waals surface area contributed by atoms with Crippen LogP contribution >= 0.6 is 11.3 Å². The molecule has 0 unspecified atom stereocenters. The standard InChI is InChI=1S/C22H23N3O3S/c1-3-25(14-16-7-5-4-6-8-16)20(26)13-18-15-29-22(23-18)24-21(27)17-9-11-19(28-2)12-10-17/h4-12,15H,3,13-14H2,1-2H3,(H,23,24,27). The van der Waals surface area contributed by atoms with E-state index in [0.29, 0.717) is 35.2 Å². The zero-order chi connectivity index (χ0) is 20.6. The van der Waals surface area contributed by atoms with Crippen LogP contribution in [0.1, 0.15) is 28.5 Å². The number of rotatable bonds is 8. The SMILES string of the molecule is CCN(Cc1ccccc1)C(=O)Cc1csc(NC(=O)c2ccc(OC)cc2)n1. The topological polar surface area (TPSA) is 71.5 Å². The molecule has 1 heterocycles. The Labute approximate surface area is 174 Å². The number of anilines is 1. The Hall–Kier alpha value is -3.19. The average Bonchev–Trinajstić information content (AvgIpc) is 3.19. The molecule has 0 atom stereocenters. The number of nitrogens with one attached hydrogen (secondary N) is 1. The summed E-state index contributed by atoms with van der Waals surface area (Å²) in [4.78, 5) is 31.2. The predicted molar refractivity (Wildman–Crippen MR) is 114 cm³/mol. The van der Waals surface area contributed by atoms with Gasteiger partial charge in [-0.25, -0.2) is 4.98 Å². The number of hydrogen-bond acceptors (Lipinski definition) is 5. The molecule has 29 heavy (non-hydrogen) atoms. The summed E-state index contributed by atoms with van der Waals surface area (Å²) in [7, 11) is 1.58. The van der Waals surface area contributed by atoms with E-state index >= 15 is 0 Å². The number of carbonyl (C=O) groups is 2. The molecule has 7 heteroatoms. The predicted octanol–water partition coefficient (Wildman–Crippen LogP) is 4.00. The van der Waals surface area contributed by atoms with E-state index in [4.69, 9.17) is 4.74 Å². The number of methoxy groups -OCH3 is 1. The second-order valence-corrected chi connectivity index (χ2v) is 7.26. The second kappa shape index (κ2) is 9.84. The van der Waals surface area contributed by atoms with Gasteiger partial charge >= 0.3 is 0 Å². The van der Waals surface area contributed by atoms with Crippen molar-refractivity contribution >= 4 is 28.3 Å². The minimum absolute atomic E-state index is 0.00897. The van der Waals surface area contributed by atoms with Gasteiger partial charge in [-0.3, -0.25) is 14.9 Å². The molecule has 0 radical (unpaired) electrons. The van der Waals surface area contributed by atoms with Crippen LogP contribution < -0.4 is 10.1 Å². The maximum atomic E-state index is 12.7. The van der Waals surface area contributed by atoms with E-state index in [9.17, 15) is 9.59 Å². The molecule has 6 nitrogen and oxygen atoms in total. The van der Waals surface area contributed by atoms with Gasteiger partial charge < -0.3 is 9.64 Å². The third-order valence-corrected chi connectivity index (χ3v) is 5.21. The van der Waals surface area contributed by atoms with Crippen molar-refractivity contribution in [1.82, 2.24) is 9.88 Å². The van der Waals surface area contributed by atoms with Gasteiger partial charge in [-0.2, -0.15) is 0 Å². The lowest BCUT2D eigenvalue weighted by Crippen LogP contribution is -2.31. The van der Waals surface area contributed by atoms with E-state index < -0.39 is 0 Å². The van der Waals surface area contributed by atoms with Gasteiger partial charge in [-0.15, -0.1) is 11.3 Å². The van der Waals surface area contributed by atoms with Crippen molar-refractivity contribution in [3.05, 3.63) is 76.8 Å². The van der Waals surface area contributed by atoms with Crippen LogP contribution in [0.25, 0.3) is 0 Å². The minimum atomic E-state index is -0.251. The number of amides is 2. The van der Waals surface area contributed by atoms with Crippen LogP contribution in [0.2, 0.25) is 0 Å². The first-order valence-electron chi connectivity index (χ1n) is 9.30. The van der Waals surface area contributed by atoms with Crippen molar-refractivity contribution in [2.75, 3.05) is 19.0 Å². The Kier molecular flexibility index (Phi) is 6.97. The Balaban J connectivity index is 1.58. The summed E-state index contributed by atoms with van der Waals surface area (Å²) >= 11 is 1.31. The lowest BCUT2D eigenvalue weighted by molar-refractivity contribution is -0.130. The molecule has 1 N–H and O–H groups in total. The number of carbonyl (C=O) groups excluding carboxylic acids is 2. The maximum absolute atomic E-state index is 12.7.